The predicted octanol–water partition coefficient (Wildman–Crippen LogP) is 7.84. The molecular formula is C31H20O. The molecule has 6 rings (SSSR count). The maximum absolute atomic E-state index is 14.0. The van der Waals surface area contributed by atoms with Crippen LogP contribution in [-0.4, -0.2) is 0 Å². The molecule has 0 aromatic heterocycles. The van der Waals surface area contributed by atoms with Crippen LogP contribution in [0.5, 0.6) is 0 Å². The van der Waals surface area contributed by atoms with Crippen molar-refractivity contribution in [2.24, 2.45) is 0 Å². The summed E-state index contributed by atoms with van der Waals surface area (Å²) in [5, 5.41) is 6.92. The Morgan fingerprint density at radius 3 is 1.03 bits per heavy atom. The topological polar surface area (TPSA) is 17.1 Å². The fraction of sp³-hybridized carbons (Fsp3) is 0. The molecule has 0 aliphatic carbocycles. The van der Waals surface area contributed by atoms with Crippen molar-refractivity contribution in [3.8, 4) is 22.3 Å². The summed E-state index contributed by atoms with van der Waals surface area (Å²) in [7, 11) is 0. The van der Waals surface area contributed by atoms with Crippen LogP contribution in [0.4, 0.5) is 0 Å². The Bertz CT molecular complexity index is 1540. The van der Waals surface area contributed by atoms with Crippen molar-refractivity contribution in [3.05, 3.63) is 132 Å². The Morgan fingerprint density at radius 1 is 0.344 bits per heavy atom. The van der Waals surface area contributed by atoms with Gasteiger partial charge in [0.25, 0.3) is 0 Å². The molecule has 150 valence electrons. The smallest absolute Gasteiger partial charge is 0.194 e. The normalized spacial score (nSPS) is 11.2. The minimum Gasteiger partial charge on any atom is -0.289 e. The zero-order chi connectivity index (χ0) is 21.5. The van der Waals surface area contributed by atoms with Gasteiger partial charge in [0, 0.05) is 11.1 Å². The van der Waals surface area contributed by atoms with Gasteiger partial charge in [-0.15, -0.1) is 0 Å². The Hall–Kier alpha value is -4.23. The number of fused-ring (bicyclic) bond motifs is 6. The van der Waals surface area contributed by atoms with Gasteiger partial charge in [-0.25, -0.2) is 0 Å². The quantitative estimate of drug-likeness (QED) is 0.267. The van der Waals surface area contributed by atoms with E-state index in [4.69, 9.17) is 0 Å². The van der Waals surface area contributed by atoms with Gasteiger partial charge in [-0.2, -0.15) is 0 Å². The summed E-state index contributed by atoms with van der Waals surface area (Å²) >= 11 is 0. The molecule has 0 aliphatic heterocycles. The van der Waals surface area contributed by atoms with E-state index in [0.717, 1.165) is 43.8 Å². The second-order valence-electron chi connectivity index (χ2n) is 8.10. The first kappa shape index (κ1) is 18.5. The second kappa shape index (κ2) is 7.47. The van der Waals surface area contributed by atoms with Crippen molar-refractivity contribution < 1.29 is 0 Å². The third-order valence-electron chi connectivity index (χ3n) is 6.25. The molecule has 0 radical (unpaired) electrons. The van der Waals surface area contributed by atoms with Gasteiger partial charge in [-0.3, -0.25) is 4.79 Å². The molecule has 0 fully saturated rings. The van der Waals surface area contributed by atoms with Crippen LogP contribution in [0.25, 0.3) is 54.6 Å². The number of rotatable bonds is 2. The SMILES string of the molecule is O=c1c(-c2ccccc2)cc2c3ccccc3c3ccccc3c2cc1-c1ccccc1. The molecule has 0 unspecified atom stereocenters. The molecule has 0 bridgehead atoms. The van der Waals surface area contributed by atoms with E-state index in [1.807, 2.05) is 60.7 Å². The van der Waals surface area contributed by atoms with Crippen LogP contribution in [0, 0.1) is 0 Å². The standard InChI is InChI=1S/C31H20O/c32-31-27(21-11-3-1-4-12-21)19-29-25-17-9-7-15-23(25)24-16-8-10-18-26(24)30(29)20-28(31)22-13-5-2-6-14-22/h1-20H. The van der Waals surface area contributed by atoms with Gasteiger partial charge in [-0.1, -0.05) is 109 Å². The number of benzene rings is 5. The Labute approximate surface area is 186 Å². The molecule has 0 aliphatic rings. The van der Waals surface area contributed by atoms with Crippen LogP contribution in [-0.2, 0) is 0 Å². The third kappa shape index (κ3) is 2.91. The highest BCUT2D eigenvalue weighted by atomic mass is 16.1. The molecule has 1 nitrogen and oxygen atoms in total. The Kier molecular flexibility index (Phi) is 4.33. The summed E-state index contributed by atoms with van der Waals surface area (Å²) in [4.78, 5) is 14.0. The first-order chi connectivity index (χ1) is 15.8. The minimum atomic E-state index is 0.0479. The fourth-order valence-electron chi connectivity index (χ4n) is 4.74. The summed E-state index contributed by atoms with van der Waals surface area (Å²) in [5.41, 5.74) is 3.36. The first-order valence-corrected chi connectivity index (χ1v) is 10.8. The molecular weight excluding hydrogens is 388 g/mol. The Morgan fingerprint density at radius 2 is 0.656 bits per heavy atom. The lowest BCUT2D eigenvalue weighted by atomic mass is 9.95. The molecule has 0 spiro atoms. The average molecular weight is 409 g/mol. The van der Waals surface area contributed by atoms with Crippen molar-refractivity contribution in [1.82, 2.24) is 0 Å². The maximum atomic E-state index is 14.0. The molecule has 6 aromatic carbocycles. The highest BCUT2D eigenvalue weighted by Gasteiger charge is 2.14. The predicted molar refractivity (Wildman–Crippen MR) is 136 cm³/mol. The van der Waals surface area contributed by atoms with E-state index in [1.165, 1.54) is 10.8 Å². The molecule has 0 heterocycles. The van der Waals surface area contributed by atoms with Gasteiger partial charge >= 0.3 is 0 Å². The largest absolute Gasteiger partial charge is 0.289 e. The van der Waals surface area contributed by atoms with Gasteiger partial charge in [0.05, 0.1) is 0 Å². The van der Waals surface area contributed by atoms with Crippen LogP contribution in [0.15, 0.2) is 126 Å². The lowest BCUT2D eigenvalue weighted by Crippen LogP contribution is -2.04. The number of hydrogen-bond donors (Lipinski definition) is 0. The summed E-state index contributed by atoms with van der Waals surface area (Å²) in [6.45, 7) is 0. The maximum Gasteiger partial charge on any atom is 0.194 e. The summed E-state index contributed by atoms with van der Waals surface area (Å²) in [6.07, 6.45) is 0. The van der Waals surface area contributed by atoms with E-state index in [9.17, 15) is 4.79 Å². The van der Waals surface area contributed by atoms with Crippen LogP contribution < -0.4 is 5.43 Å². The zero-order valence-electron chi connectivity index (χ0n) is 17.5. The highest BCUT2D eigenvalue weighted by molar-refractivity contribution is 6.25. The van der Waals surface area contributed by atoms with Crippen molar-refractivity contribution in [2.75, 3.05) is 0 Å². The van der Waals surface area contributed by atoms with Crippen molar-refractivity contribution in [3.63, 3.8) is 0 Å². The van der Waals surface area contributed by atoms with Crippen LogP contribution >= 0.6 is 0 Å². The summed E-state index contributed by atoms with van der Waals surface area (Å²) < 4.78 is 0. The molecule has 0 amide bonds. The first-order valence-electron chi connectivity index (χ1n) is 10.8. The monoisotopic (exact) mass is 408 g/mol. The molecule has 0 saturated carbocycles. The molecule has 0 atom stereocenters. The van der Waals surface area contributed by atoms with Crippen molar-refractivity contribution >= 4 is 32.3 Å². The molecule has 32 heavy (non-hydrogen) atoms. The van der Waals surface area contributed by atoms with E-state index < -0.39 is 0 Å². The third-order valence-corrected chi connectivity index (χ3v) is 6.25. The van der Waals surface area contributed by atoms with Gasteiger partial charge in [0.15, 0.2) is 5.43 Å². The second-order valence-corrected chi connectivity index (χ2v) is 8.10. The highest BCUT2D eigenvalue weighted by Crippen LogP contribution is 2.37. The molecule has 1 heteroatoms. The van der Waals surface area contributed by atoms with Crippen LogP contribution in [0.3, 0.4) is 0 Å². The fourth-order valence-corrected chi connectivity index (χ4v) is 4.74. The summed E-state index contributed by atoms with van der Waals surface area (Å²) in [6, 6.07) is 41.1. The van der Waals surface area contributed by atoms with E-state index in [2.05, 4.69) is 60.7 Å². The Balaban J connectivity index is 1.91. The van der Waals surface area contributed by atoms with Crippen molar-refractivity contribution in [2.45, 2.75) is 0 Å². The lowest BCUT2D eigenvalue weighted by Gasteiger charge is -2.09. The number of hydrogen-bond acceptors (Lipinski definition) is 1. The molecule has 0 N–H and O–H groups in total. The van der Waals surface area contributed by atoms with E-state index in [-0.39, 0.29) is 5.43 Å². The minimum absolute atomic E-state index is 0.0479. The van der Waals surface area contributed by atoms with Gasteiger partial charge in [-0.05, 0) is 55.6 Å². The zero-order valence-corrected chi connectivity index (χ0v) is 17.5. The lowest BCUT2D eigenvalue weighted by molar-refractivity contribution is 1.57. The van der Waals surface area contributed by atoms with Gasteiger partial charge in [0.2, 0.25) is 0 Å². The van der Waals surface area contributed by atoms with E-state index >= 15 is 0 Å². The van der Waals surface area contributed by atoms with E-state index in [0.29, 0.717) is 0 Å². The van der Waals surface area contributed by atoms with Gasteiger partial charge < -0.3 is 0 Å². The van der Waals surface area contributed by atoms with Gasteiger partial charge in [0.1, 0.15) is 0 Å². The van der Waals surface area contributed by atoms with Crippen LogP contribution in [0.2, 0.25) is 0 Å². The van der Waals surface area contributed by atoms with Crippen LogP contribution in [0.1, 0.15) is 0 Å². The van der Waals surface area contributed by atoms with Crippen molar-refractivity contribution in [1.29, 1.82) is 0 Å². The molecule has 0 saturated heterocycles. The van der Waals surface area contributed by atoms with E-state index in [1.54, 1.807) is 0 Å². The summed E-state index contributed by atoms with van der Waals surface area (Å²) in [5.74, 6) is 0. The molecule has 6 aromatic rings. The average Bonchev–Trinajstić information content (AvgIpc) is 3.02.